The molecule has 0 aliphatic carbocycles. The molecule has 53 heavy (non-hydrogen) atoms. The van der Waals surface area contributed by atoms with E-state index in [-0.39, 0.29) is 127 Å². The van der Waals surface area contributed by atoms with E-state index in [0.29, 0.717) is 0 Å². The van der Waals surface area contributed by atoms with Crippen LogP contribution in [0, 0.1) is 0 Å². The largest absolute Gasteiger partial charge is 1.00 e. The normalized spacial score (nSPS) is 12.3. The molecule has 6 aromatic carbocycles. The molecule has 21 heteroatoms. The summed E-state index contributed by atoms with van der Waals surface area (Å²) in [7, 11) is -13.2. The van der Waals surface area contributed by atoms with Gasteiger partial charge in [-0.05, 0) is 83.6 Å². The molecule has 0 unspecified atom stereocenters. The Balaban J connectivity index is 0.00000261. The van der Waals surface area contributed by atoms with Crippen molar-refractivity contribution in [2.45, 2.75) is 19.6 Å². The summed E-state index contributed by atoms with van der Waals surface area (Å²) in [6.45, 7) is 0. The molecule has 264 valence electrons. The SMILES string of the molecule is Nc1ccc2cc(S(=O)(=O)O)cc(O)c2c1N=Nc1ccc(S(=O)(=O)c2ccc(N=Nc3c(N)ccc4cc(S(=O)(=O)O)cc(O)c34)cc2)cc1.[H-].[H-].[Na+].[Na+]. The summed E-state index contributed by atoms with van der Waals surface area (Å²) in [5, 5.41) is 38.0. The molecule has 0 saturated carbocycles. The van der Waals surface area contributed by atoms with Crippen molar-refractivity contribution in [3.8, 4) is 11.5 Å². The number of hydrogen-bond donors (Lipinski definition) is 6. The van der Waals surface area contributed by atoms with E-state index in [1.54, 1.807) is 0 Å². The van der Waals surface area contributed by atoms with Crippen LogP contribution in [0.3, 0.4) is 0 Å². The third-order valence-electron chi connectivity index (χ3n) is 7.57. The number of nitrogens with zero attached hydrogens (tertiary/aromatic N) is 4. The maximum absolute atomic E-state index is 13.4. The number of hydrogen-bond acceptors (Lipinski definition) is 14. The van der Waals surface area contributed by atoms with Gasteiger partial charge in [-0.1, -0.05) is 12.1 Å². The molecule has 6 rings (SSSR count). The summed E-state index contributed by atoms with van der Waals surface area (Å²) in [5.41, 5.74) is 12.8. The fourth-order valence-electron chi connectivity index (χ4n) is 5.08. The molecule has 6 aromatic rings. The van der Waals surface area contributed by atoms with Crippen LogP contribution in [0.5, 0.6) is 11.5 Å². The summed E-state index contributed by atoms with van der Waals surface area (Å²) in [4.78, 5) is -1.19. The summed E-state index contributed by atoms with van der Waals surface area (Å²) >= 11 is 0. The first-order valence-corrected chi connectivity index (χ1v) is 18.6. The Morgan fingerprint density at radius 3 is 1.13 bits per heavy atom. The molecule has 0 saturated heterocycles. The summed E-state index contributed by atoms with van der Waals surface area (Å²) in [6, 6.07) is 20.5. The van der Waals surface area contributed by atoms with Crippen molar-refractivity contribution in [2.24, 2.45) is 20.5 Å². The Kier molecular flexibility index (Phi) is 12.4. The van der Waals surface area contributed by atoms with E-state index in [0.717, 1.165) is 24.3 Å². The second kappa shape index (κ2) is 15.8. The Morgan fingerprint density at radius 2 is 0.811 bits per heavy atom. The maximum Gasteiger partial charge on any atom is 1.00 e. The fraction of sp³-hybridized carbons (Fsp3) is 0. The van der Waals surface area contributed by atoms with Crippen molar-refractivity contribution in [1.29, 1.82) is 0 Å². The molecule has 0 bridgehead atoms. The zero-order valence-electron chi connectivity index (χ0n) is 29.6. The zero-order chi connectivity index (χ0) is 36.9. The molecule has 16 nitrogen and oxygen atoms in total. The molecular formula is C32H26N6Na2O10S3. The van der Waals surface area contributed by atoms with Crippen LogP contribution in [0.1, 0.15) is 2.85 Å². The second-order valence-corrected chi connectivity index (χ2v) is 15.7. The quantitative estimate of drug-likeness (QED) is 0.0544. The van der Waals surface area contributed by atoms with E-state index in [2.05, 4.69) is 20.5 Å². The molecule has 0 heterocycles. The van der Waals surface area contributed by atoms with Crippen LogP contribution in [0.25, 0.3) is 21.5 Å². The average Bonchev–Trinajstić information content (AvgIpc) is 3.07. The fourth-order valence-corrected chi connectivity index (χ4v) is 7.41. The Morgan fingerprint density at radius 1 is 0.472 bits per heavy atom. The van der Waals surface area contributed by atoms with Crippen LogP contribution in [-0.2, 0) is 30.1 Å². The van der Waals surface area contributed by atoms with Gasteiger partial charge in [0, 0.05) is 12.1 Å². The van der Waals surface area contributed by atoms with Gasteiger partial charge in [0.25, 0.3) is 20.2 Å². The molecule has 8 N–H and O–H groups in total. The molecular weight excluding hydrogens is 771 g/mol. The summed E-state index contributed by atoms with van der Waals surface area (Å²) < 4.78 is 91.6. The van der Waals surface area contributed by atoms with Crippen molar-refractivity contribution in [3.05, 3.63) is 97.1 Å². The number of aromatic hydroxyl groups is 2. The van der Waals surface area contributed by atoms with E-state index in [1.807, 2.05) is 0 Å². The van der Waals surface area contributed by atoms with Gasteiger partial charge < -0.3 is 24.5 Å². The third-order valence-corrected chi connectivity index (χ3v) is 11.0. The van der Waals surface area contributed by atoms with Crippen LogP contribution >= 0.6 is 0 Å². The smallest absolute Gasteiger partial charge is 1.00 e. The molecule has 0 spiro atoms. The predicted molar refractivity (Wildman–Crippen MR) is 189 cm³/mol. The number of benzene rings is 6. The van der Waals surface area contributed by atoms with Crippen LogP contribution in [-0.4, -0.2) is 44.6 Å². The van der Waals surface area contributed by atoms with Crippen LogP contribution < -0.4 is 70.6 Å². The van der Waals surface area contributed by atoms with Crippen molar-refractivity contribution in [1.82, 2.24) is 0 Å². The predicted octanol–water partition coefficient (Wildman–Crippen LogP) is 0.959. The van der Waals surface area contributed by atoms with Crippen molar-refractivity contribution in [2.75, 3.05) is 11.5 Å². The van der Waals surface area contributed by atoms with Gasteiger partial charge in [0.05, 0.1) is 53.1 Å². The molecule has 0 atom stereocenters. The number of sulfone groups is 1. The van der Waals surface area contributed by atoms with Gasteiger partial charge in [-0.25, -0.2) is 8.42 Å². The first-order valence-electron chi connectivity index (χ1n) is 14.3. The molecule has 0 amide bonds. The molecule has 0 aliphatic rings. The number of phenolic OH excluding ortho intramolecular Hbond substituents is 2. The van der Waals surface area contributed by atoms with E-state index < -0.39 is 51.4 Å². The minimum Gasteiger partial charge on any atom is -1.00 e. The van der Waals surface area contributed by atoms with Crippen molar-refractivity contribution < 1.29 is 107 Å². The number of anilines is 2. The Labute approximate surface area is 349 Å². The molecule has 0 aliphatic heterocycles. The zero-order valence-corrected chi connectivity index (χ0v) is 34.1. The molecule has 0 fully saturated rings. The maximum atomic E-state index is 13.4. The van der Waals surface area contributed by atoms with Gasteiger partial charge in [-0.15, -0.1) is 10.2 Å². The van der Waals surface area contributed by atoms with E-state index >= 15 is 0 Å². The van der Waals surface area contributed by atoms with E-state index in [4.69, 9.17) is 11.5 Å². The van der Waals surface area contributed by atoms with Gasteiger partial charge in [0.1, 0.15) is 22.9 Å². The summed E-state index contributed by atoms with van der Waals surface area (Å²) in [6.07, 6.45) is 0. The van der Waals surface area contributed by atoms with E-state index in [9.17, 15) is 44.6 Å². The minimum absolute atomic E-state index is 0. The number of rotatable bonds is 8. The number of nitrogens with two attached hydrogens (primary N) is 2. The number of nitrogen functional groups attached to an aromatic ring is 2. The number of azo groups is 2. The average molecular weight is 797 g/mol. The van der Waals surface area contributed by atoms with Gasteiger partial charge >= 0.3 is 59.1 Å². The minimum atomic E-state index is -4.60. The standard InChI is InChI=1S/C32H24N6O10S3.2Na.2H/c33-25-11-1-17-13-23(50(43,44)45)15-27(39)29(17)31(25)37-35-19-3-7-21(8-4-19)49(41,42)22-9-5-20(6-10-22)36-38-32-26(34)12-2-18-14-24(51(46,47)48)16-28(40)30(18)32;;;;/h1-16,39-40H,33-34H2,(H,43,44,45)(H,46,47,48);;;;/q;2*+1;2*-1. The van der Waals surface area contributed by atoms with Gasteiger partial charge in [0.15, 0.2) is 0 Å². The molecule has 0 aromatic heterocycles. The van der Waals surface area contributed by atoms with Crippen LogP contribution in [0.15, 0.2) is 137 Å². The third kappa shape index (κ3) is 8.71. The van der Waals surface area contributed by atoms with Crippen LogP contribution in [0.2, 0.25) is 0 Å². The van der Waals surface area contributed by atoms with Crippen LogP contribution in [0.4, 0.5) is 34.1 Å². The number of fused-ring (bicyclic) bond motifs is 2. The second-order valence-electron chi connectivity index (χ2n) is 10.9. The first-order chi connectivity index (χ1) is 23.9. The first kappa shape index (κ1) is 41.8. The number of phenols is 2. The molecule has 0 radical (unpaired) electrons. The van der Waals surface area contributed by atoms with Crippen molar-refractivity contribution >= 4 is 85.7 Å². The van der Waals surface area contributed by atoms with Crippen molar-refractivity contribution in [3.63, 3.8) is 0 Å². The van der Waals surface area contributed by atoms with Gasteiger partial charge in [0.2, 0.25) is 9.84 Å². The monoisotopic (exact) mass is 796 g/mol. The Hall–Kier alpha value is -3.99. The van der Waals surface area contributed by atoms with Gasteiger partial charge in [-0.2, -0.15) is 27.1 Å². The topological polar surface area (TPSA) is 285 Å². The van der Waals surface area contributed by atoms with Gasteiger partial charge in [-0.3, -0.25) is 9.11 Å². The summed E-state index contributed by atoms with van der Waals surface area (Å²) in [5.74, 6) is -1.02. The van der Waals surface area contributed by atoms with E-state index in [1.165, 1.54) is 72.8 Å². The Bertz CT molecular complexity index is 2630.